The molecule has 0 atom stereocenters. The molecular weight excluding hydrogens is 184 g/mol. The zero-order valence-corrected chi connectivity index (χ0v) is 7.11. The number of nitrogens with zero attached hydrogens (tertiary/aromatic N) is 1. The molecular formula is C9H6N2O3. The summed E-state index contributed by atoms with van der Waals surface area (Å²) in [6.45, 7) is 0.202. The Balaban J connectivity index is 2.45. The third-order valence-corrected chi connectivity index (χ3v) is 2.15. The molecule has 5 heteroatoms. The summed E-state index contributed by atoms with van der Waals surface area (Å²) in [6, 6.07) is 3.38. The SMILES string of the molecule is O=c1nc[nH]c2cc3c(cc12)OCO3. The van der Waals surface area contributed by atoms with E-state index in [0.717, 1.165) is 0 Å². The first-order valence-corrected chi connectivity index (χ1v) is 4.11. The molecule has 1 N–H and O–H groups in total. The van der Waals surface area contributed by atoms with E-state index in [4.69, 9.17) is 9.47 Å². The summed E-state index contributed by atoms with van der Waals surface area (Å²) in [6.07, 6.45) is 1.37. The van der Waals surface area contributed by atoms with Gasteiger partial charge >= 0.3 is 0 Å². The van der Waals surface area contributed by atoms with E-state index in [1.807, 2.05) is 0 Å². The molecule has 1 aliphatic heterocycles. The van der Waals surface area contributed by atoms with Crippen LogP contribution >= 0.6 is 0 Å². The first-order chi connectivity index (χ1) is 6.84. The van der Waals surface area contributed by atoms with E-state index < -0.39 is 0 Å². The van der Waals surface area contributed by atoms with Crippen molar-refractivity contribution < 1.29 is 9.47 Å². The predicted octanol–water partition coefficient (Wildman–Crippen LogP) is 0.652. The summed E-state index contributed by atoms with van der Waals surface area (Å²) < 4.78 is 10.3. The minimum absolute atomic E-state index is 0.202. The van der Waals surface area contributed by atoms with Crippen molar-refractivity contribution in [2.24, 2.45) is 0 Å². The number of hydrogen-bond acceptors (Lipinski definition) is 4. The van der Waals surface area contributed by atoms with E-state index >= 15 is 0 Å². The lowest BCUT2D eigenvalue weighted by Gasteiger charge is -1.98. The maximum absolute atomic E-state index is 11.4. The smallest absolute Gasteiger partial charge is 0.280 e. The Morgan fingerprint density at radius 1 is 1.29 bits per heavy atom. The number of rotatable bonds is 0. The molecule has 1 aliphatic rings. The average molecular weight is 190 g/mol. The highest BCUT2D eigenvalue weighted by Gasteiger charge is 2.15. The molecule has 2 aromatic rings. The van der Waals surface area contributed by atoms with E-state index in [-0.39, 0.29) is 12.4 Å². The van der Waals surface area contributed by atoms with Crippen molar-refractivity contribution in [3.05, 3.63) is 28.8 Å². The van der Waals surface area contributed by atoms with Crippen LogP contribution in [0.3, 0.4) is 0 Å². The number of ether oxygens (including phenoxy) is 2. The molecule has 0 spiro atoms. The van der Waals surface area contributed by atoms with Crippen molar-refractivity contribution in [1.29, 1.82) is 0 Å². The fourth-order valence-electron chi connectivity index (χ4n) is 1.47. The van der Waals surface area contributed by atoms with Gasteiger partial charge in [0.15, 0.2) is 11.5 Å². The van der Waals surface area contributed by atoms with Crippen LogP contribution in [0.2, 0.25) is 0 Å². The van der Waals surface area contributed by atoms with Crippen LogP contribution in [0.4, 0.5) is 0 Å². The van der Waals surface area contributed by atoms with Gasteiger partial charge < -0.3 is 14.5 Å². The van der Waals surface area contributed by atoms with Crippen LogP contribution in [0.25, 0.3) is 10.9 Å². The highest BCUT2D eigenvalue weighted by atomic mass is 16.7. The lowest BCUT2D eigenvalue weighted by molar-refractivity contribution is 0.174. The van der Waals surface area contributed by atoms with Crippen LogP contribution in [-0.4, -0.2) is 16.8 Å². The molecule has 1 aromatic carbocycles. The van der Waals surface area contributed by atoms with Gasteiger partial charge in [0.1, 0.15) is 0 Å². The number of aromatic amines is 1. The van der Waals surface area contributed by atoms with Crippen molar-refractivity contribution in [1.82, 2.24) is 9.97 Å². The minimum Gasteiger partial charge on any atom is -0.454 e. The van der Waals surface area contributed by atoms with Crippen molar-refractivity contribution in [3.63, 3.8) is 0 Å². The summed E-state index contributed by atoms with van der Waals surface area (Å²) in [5.41, 5.74) is 0.436. The van der Waals surface area contributed by atoms with Crippen molar-refractivity contribution >= 4 is 10.9 Å². The first-order valence-electron chi connectivity index (χ1n) is 4.11. The van der Waals surface area contributed by atoms with E-state index in [9.17, 15) is 4.79 Å². The molecule has 0 aliphatic carbocycles. The second-order valence-corrected chi connectivity index (χ2v) is 2.96. The van der Waals surface area contributed by atoms with Crippen LogP contribution in [0, 0.1) is 0 Å². The Hall–Kier alpha value is -2.04. The monoisotopic (exact) mass is 190 g/mol. The maximum Gasteiger partial charge on any atom is 0.280 e. The normalized spacial score (nSPS) is 13.4. The van der Waals surface area contributed by atoms with Crippen LogP contribution in [-0.2, 0) is 0 Å². The van der Waals surface area contributed by atoms with Crippen LogP contribution in [0.15, 0.2) is 23.3 Å². The molecule has 0 unspecified atom stereocenters. The summed E-state index contributed by atoms with van der Waals surface area (Å²) >= 11 is 0. The summed E-state index contributed by atoms with van der Waals surface area (Å²) in [5, 5.41) is 0.511. The highest BCUT2D eigenvalue weighted by molar-refractivity contribution is 5.81. The molecule has 0 fully saturated rings. The molecule has 1 aromatic heterocycles. The van der Waals surface area contributed by atoms with E-state index in [1.165, 1.54) is 6.33 Å². The van der Waals surface area contributed by atoms with Gasteiger partial charge in [0, 0.05) is 6.07 Å². The fraction of sp³-hybridized carbons (Fsp3) is 0.111. The van der Waals surface area contributed by atoms with Gasteiger partial charge in [-0.3, -0.25) is 4.79 Å². The number of benzene rings is 1. The molecule has 0 bridgehead atoms. The lowest BCUT2D eigenvalue weighted by atomic mass is 10.2. The Morgan fingerprint density at radius 3 is 2.93 bits per heavy atom. The van der Waals surface area contributed by atoms with Crippen LogP contribution in [0.1, 0.15) is 0 Å². The fourth-order valence-corrected chi connectivity index (χ4v) is 1.47. The van der Waals surface area contributed by atoms with Gasteiger partial charge in [-0.15, -0.1) is 0 Å². The molecule has 2 heterocycles. The van der Waals surface area contributed by atoms with Gasteiger partial charge in [-0.1, -0.05) is 0 Å². The van der Waals surface area contributed by atoms with Crippen molar-refractivity contribution in [2.45, 2.75) is 0 Å². The van der Waals surface area contributed by atoms with Gasteiger partial charge in [0.25, 0.3) is 5.56 Å². The largest absolute Gasteiger partial charge is 0.454 e. The Bertz CT molecular complexity index is 561. The van der Waals surface area contributed by atoms with Crippen LogP contribution in [0.5, 0.6) is 11.5 Å². The lowest BCUT2D eigenvalue weighted by Crippen LogP contribution is -2.05. The minimum atomic E-state index is -0.267. The summed E-state index contributed by atoms with van der Waals surface area (Å²) in [4.78, 5) is 17.9. The zero-order chi connectivity index (χ0) is 9.54. The third kappa shape index (κ3) is 0.891. The van der Waals surface area contributed by atoms with E-state index in [1.54, 1.807) is 12.1 Å². The molecule has 5 nitrogen and oxygen atoms in total. The van der Waals surface area contributed by atoms with Gasteiger partial charge in [0.05, 0.1) is 17.2 Å². The number of fused-ring (bicyclic) bond motifs is 2. The van der Waals surface area contributed by atoms with Gasteiger partial charge in [-0.05, 0) is 6.07 Å². The number of H-pyrrole nitrogens is 1. The van der Waals surface area contributed by atoms with Crippen molar-refractivity contribution in [2.75, 3.05) is 6.79 Å². The Kier molecular flexibility index (Phi) is 1.30. The second kappa shape index (κ2) is 2.47. The molecule has 0 saturated carbocycles. The molecule has 0 amide bonds. The highest BCUT2D eigenvalue weighted by Crippen LogP contribution is 2.33. The summed E-state index contributed by atoms with van der Waals surface area (Å²) in [5.74, 6) is 1.25. The first kappa shape index (κ1) is 7.37. The van der Waals surface area contributed by atoms with Gasteiger partial charge in [-0.25, -0.2) is 0 Å². The average Bonchev–Trinajstić information content (AvgIpc) is 2.62. The quantitative estimate of drug-likeness (QED) is 0.662. The van der Waals surface area contributed by atoms with Crippen LogP contribution < -0.4 is 15.0 Å². The third-order valence-electron chi connectivity index (χ3n) is 2.15. The maximum atomic E-state index is 11.4. The molecule has 14 heavy (non-hydrogen) atoms. The van der Waals surface area contributed by atoms with Gasteiger partial charge in [0.2, 0.25) is 6.79 Å². The topological polar surface area (TPSA) is 64.2 Å². The zero-order valence-electron chi connectivity index (χ0n) is 7.11. The molecule has 3 rings (SSSR count). The number of aromatic nitrogens is 2. The van der Waals surface area contributed by atoms with Crippen molar-refractivity contribution in [3.8, 4) is 11.5 Å². The summed E-state index contributed by atoms with van der Waals surface area (Å²) in [7, 11) is 0. The molecule has 0 radical (unpaired) electrons. The molecule has 70 valence electrons. The van der Waals surface area contributed by atoms with Gasteiger partial charge in [-0.2, -0.15) is 4.98 Å². The second-order valence-electron chi connectivity index (χ2n) is 2.96. The number of nitrogens with one attached hydrogen (secondary N) is 1. The predicted molar refractivity (Wildman–Crippen MR) is 48.5 cm³/mol. The van der Waals surface area contributed by atoms with E-state index in [2.05, 4.69) is 9.97 Å². The number of hydrogen-bond donors (Lipinski definition) is 1. The molecule has 0 saturated heterocycles. The Labute approximate surface area is 78.3 Å². The Morgan fingerprint density at radius 2 is 2.07 bits per heavy atom. The standard InChI is InChI=1S/C9H6N2O3/c12-9-5-1-7-8(14-4-13-7)2-6(5)10-3-11-9/h1-3H,4H2,(H,10,11,12). The van der Waals surface area contributed by atoms with E-state index in [0.29, 0.717) is 22.4 Å².